The Hall–Kier alpha value is -1.14. The summed E-state index contributed by atoms with van der Waals surface area (Å²) >= 11 is 0. The monoisotopic (exact) mass is 294 g/mol. The highest BCUT2D eigenvalue weighted by Crippen LogP contribution is 2.19. The summed E-state index contributed by atoms with van der Waals surface area (Å²) in [4.78, 5) is 11.2. The lowest BCUT2D eigenvalue weighted by atomic mass is 10.2. The average Bonchev–Trinajstić information content (AvgIpc) is 2.28. The van der Waals surface area contributed by atoms with Gasteiger partial charge < -0.3 is 4.74 Å². The van der Waals surface area contributed by atoms with Gasteiger partial charge >= 0.3 is 5.97 Å². The summed E-state index contributed by atoms with van der Waals surface area (Å²) in [5.41, 5.74) is -0.437. The molecule has 4 nitrogen and oxygen atoms in total. The van der Waals surface area contributed by atoms with E-state index in [1.54, 1.807) is 0 Å². The Morgan fingerprint density at radius 3 is 2.67 bits per heavy atom. The summed E-state index contributed by atoms with van der Waals surface area (Å²) in [6.45, 7) is 2.07. The number of carbonyl (C=O) groups is 1. The minimum Gasteiger partial charge on any atom is -0.462 e. The van der Waals surface area contributed by atoms with Crippen LogP contribution in [0, 0.1) is 5.82 Å². The smallest absolute Gasteiger partial charge is 0.341 e. The molecule has 0 fully saturated rings. The molecule has 0 aliphatic heterocycles. The van der Waals surface area contributed by atoms with Crippen molar-refractivity contribution in [1.29, 1.82) is 0 Å². The standard InChI is InChI=1S/C11H12ClFO4S/c1-2-3-6-17-11(14)9-7-8(18(12,15)16)4-5-10(9)13/h4-5,7H,2-3,6H2,1H3. The van der Waals surface area contributed by atoms with Crippen LogP contribution in [0.15, 0.2) is 23.1 Å². The highest BCUT2D eigenvalue weighted by Gasteiger charge is 2.18. The van der Waals surface area contributed by atoms with E-state index in [1.807, 2.05) is 6.92 Å². The molecule has 0 unspecified atom stereocenters. The molecule has 0 amide bonds. The van der Waals surface area contributed by atoms with Crippen LogP contribution in [0.3, 0.4) is 0 Å². The first-order valence-corrected chi connectivity index (χ1v) is 7.58. The molecule has 0 aromatic heterocycles. The van der Waals surface area contributed by atoms with E-state index in [-0.39, 0.29) is 11.5 Å². The maximum absolute atomic E-state index is 13.4. The van der Waals surface area contributed by atoms with Crippen LogP contribution in [0.2, 0.25) is 0 Å². The number of hydrogen-bond acceptors (Lipinski definition) is 4. The van der Waals surface area contributed by atoms with E-state index in [9.17, 15) is 17.6 Å². The van der Waals surface area contributed by atoms with E-state index < -0.39 is 26.4 Å². The lowest BCUT2D eigenvalue weighted by Crippen LogP contribution is -2.09. The van der Waals surface area contributed by atoms with Gasteiger partial charge in [-0.25, -0.2) is 17.6 Å². The largest absolute Gasteiger partial charge is 0.462 e. The molecule has 0 N–H and O–H groups in total. The number of ether oxygens (including phenoxy) is 1. The first-order chi connectivity index (χ1) is 8.36. The van der Waals surface area contributed by atoms with Crippen LogP contribution in [-0.4, -0.2) is 21.0 Å². The van der Waals surface area contributed by atoms with Gasteiger partial charge in [0.1, 0.15) is 5.82 Å². The van der Waals surface area contributed by atoms with Crippen LogP contribution < -0.4 is 0 Å². The summed E-state index contributed by atoms with van der Waals surface area (Å²) in [7, 11) is 1.11. The quantitative estimate of drug-likeness (QED) is 0.476. The van der Waals surface area contributed by atoms with Crippen molar-refractivity contribution in [2.24, 2.45) is 0 Å². The maximum atomic E-state index is 13.4. The van der Waals surface area contributed by atoms with E-state index in [2.05, 4.69) is 0 Å². The third-order valence-electron chi connectivity index (χ3n) is 2.17. The molecule has 0 saturated heterocycles. The Kier molecular flexibility index (Phi) is 5.10. The van der Waals surface area contributed by atoms with Crippen molar-refractivity contribution in [3.8, 4) is 0 Å². The molecule has 18 heavy (non-hydrogen) atoms. The predicted molar refractivity (Wildman–Crippen MR) is 64.6 cm³/mol. The van der Waals surface area contributed by atoms with Gasteiger partial charge in [-0.2, -0.15) is 0 Å². The van der Waals surface area contributed by atoms with E-state index in [0.29, 0.717) is 6.42 Å². The molecule has 0 spiro atoms. The normalized spacial score (nSPS) is 11.3. The third kappa shape index (κ3) is 3.96. The second-order valence-electron chi connectivity index (χ2n) is 3.57. The molecular formula is C11H12ClFO4S. The minimum absolute atomic E-state index is 0.159. The minimum atomic E-state index is -4.00. The summed E-state index contributed by atoms with van der Waals surface area (Å²) in [6.07, 6.45) is 1.48. The molecule has 0 saturated carbocycles. The zero-order valence-electron chi connectivity index (χ0n) is 9.65. The lowest BCUT2D eigenvalue weighted by Gasteiger charge is -2.06. The highest BCUT2D eigenvalue weighted by atomic mass is 35.7. The van der Waals surface area contributed by atoms with Crippen LogP contribution in [-0.2, 0) is 13.8 Å². The van der Waals surface area contributed by atoms with Gasteiger partial charge in [-0.1, -0.05) is 13.3 Å². The van der Waals surface area contributed by atoms with Crippen LogP contribution in [0.1, 0.15) is 30.1 Å². The van der Waals surface area contributed by atoms with Crippen molar-refractivity contribution in [2.45, 2.75) is 24.7 Å². The van der Waals surface area contributed by atoms with Gasteiger partial charge in [-0.15, -0.1) is 0 Å². The van der Waals surface area contributed by atoms with Crippen LogP contribution >= 0.6 is 10.7 Å². The maximum Gasteiger partial charge on any atom is 0.341 e. The molecular weight excluding hydrogens is 283 g/mol. The zero-order chi connectivity index (χ0) is 13.8. The number of carbonyl (C=O) groups excluding carboxylic acids is 1. The average molecular weight is 295 g/mol. The number of hydrogen-bond donors (Lipinski definition) is 0. The van der Waals surface area contributed by atoms with E-state index >= 15 is 0 Å². The van der Waals surface area contributed by atoms with Gasteiger partial charge in [0.2, 0.25) is 0 Å². The number of rotatable bonds is 5. The Bertz CT molecular complexity index is 542. The molecule has 1 aromatic rings. The molecule has 0 aliphatic rings. The fraction of sp³-hybridized carbons (Fsp3) is 0.364. The van der Waals surface area contributed by atoms with Crippen LogP contribution in [0.5, 0.6) is 0 Å². The van der Waals surface area contributed by atoms with Gasteiger partial charge in [-0.3, -0.25) is 0 Å². The topological polar surface area (TPSA) is 60.4 Å². The van der Waals surface area contributed by atoms with Crippen LogP contribution in [0.25, 0.3) is 0 Å². The van der Waals surface area contributed by atoms with Crippen molar-refractivity contribution in [3.63, 3.8) is 0 Å². The number of esters is 1. The summed E-state index contributed by atoms with van der Waals surface area (Å²) in [5, 5.41) is 0. The molecule has 0 bridgehead atoms. The fourth-order valence-corrected chi connectivity index (χ4v) is 1.98. The Morgan fingerprint density at radius 2 is 2.11 bits per heavy atom. The van der Waals surface area contributed by atoms with Crippen molar-refractivity contribution in [1.82, 2.24) is 0 Å². The predicted octanol–water partition coefficient (Wildman–Crippen LogP) is 2.71. The summed E-state index contributed by atoms with van der Waals surface area (Å²) in [5.74, 6) is -1.75. The van der Waals surface area contributed by atoms with Crippen molar-refractivity contribution in [2.75, 3.05) is 6.61 Å². The van der Waals surface area contributed by atoms with Crippen molar-refractivity contribution >= 4 is 25.7 Å². The van der Waals surface area contributed by atoms with Gasteiger partial charge in [0.05, 0.1) is 17.1 Å². The second-order valence-corrected chi connectivity index (χ2v) is 6.13. The first kappa shape index (κ1) is 14.9. The summed E-state index contributed by atoms with van der Waals surface area (Å²) in [6, 6.07) is 2.72. The second kappa shape index (κ2) is 6.15. The van der Waals surface area contributed by atoms with E-state index in [1.165, 1.54) is 0 Å². The molecule has 0 radical (unpaired) electrons. The fourth-order valence-electron chi connectivity index (χ4n) is 1.20. The van der Waals surface area contributed by atoms with Crippen LogP contribution in [0.4, 0.5) is 4.39 Å². The molecule has 0 heterocycles. The number of benzene rings is 1. The van der Waals surface area contributed by atoms with Gasteiger partial charge in [0.15, 0.2) is 0 Å². The highest BCUT2D eigenvalue weighted by molar-refractivity contribution is 8.13. The lowest BCUT2D eigenvalue weighted by molar-refractivity contribution is 0.0494. The molecule has 7 heteroatoms. The van der Waals surface area contributed by atoms with Gasteiger partial charge in [-0.05, 0) is 24.6 Å². The third-order valence-corrected chi connectivity index (χ3v) is 3.52. The Balaban J connectivity index is 2.97. The molecule has 0 atom stereocenters. The first-order valence-electron chi connectivity index (χ1n) is 5.27. The molecule has 0 aliphatic carbocycles. The van der Waals surface area contributed by atoms with E-state index in [0.717, 1.165) is 24.6 Å². The number of unbranched alkanes of at least 4 members (excludes halogenated alkanes) is 1. The number of halogens is 2. The zero-order valence-corrected chi connectivity index (χ0v) is 11.2. The van der Waals surface area contributed by atoms with Crippen molar-refractivity contribution < 1.29 is 22.3 Å². The summed E-state index contributed by atoms with van der Waals surface area (Å²) < 4.78 is 40.3. The molecule has 1 rings (SSSR count). The Labute approximate surface area is 109 Å². The van der Waals surface area contributed by atoms with Gasteiger partial charge in [0, 0.05) is 10.7 Å². The molecule has 1 aromatic carbocycles. The molecule has 100 valence electrons. The van der Waals surface area contributed by atoms with Crippen molar-refractivity contribution in [3.05, 3.63) is 29.6 Å². The van der Waals surface area contributed by atoms with E-state index in [4.69, 9.17) is 15.4 Å². The SMILES string of the molecule is CCCCOC(=O)c1cc(S(=O)(=O)Cl)ccc1F. The Morgan fingerprint density at radius 1 is 1.44 bits per heavy atom. The van der Waals surface area contributed by atoms with Gasteiger partial charge in [0.25, 0.3) is 9.05 Å².